The molecule has 0 saturated heterocycles. The Bertz CT molecular complexity index is 579. The summed E-state index contributed by atoms with van der Waals surface area (Å²) in [5.41, 5.74) is -0.629. The second kappa shape index (κ2) is 8.23. The highest BCUT2D eigenvalue weighted by Crippen LogP contribution is 2.15. The zero-order valence-corrected chi connectivity index (χ0v) is 14.9. The van der Waals surface area contributed by atoms with Crippen molar-refractivity contribution in [3.05, 3.63) is 5.82 Å². The third-order valence-corrected chi connectivity index (χ3v) is 4.77. The van der Waals surface area contributed by atoms with Crippen molar-refractivity contribution in [2.45, 2.75) is 58.6 Å². The SMILES string of the molecule is CCCCS(=N)(=O)CC[C@H](NC(=O)OC(C)(C)C)c1nn[nH]n1. The molecule has 1 heterocycles. The maximum atomic E-state index is 12.2. The molecule has 3 N–H and O–H groups in total. The van der Waals surface area contributed by atoms with Gasteiger partial charge in [0.05, 0.1) is 6.04 Å². The Morgan fingerprint density at radius 2 is 2.13 bits per heavy atom. The molecule has 1 unspecified atom stereocenters. The minimum atomic E-state index is -2.68. The van der Waals surface area contributed by atoms with Gasteiger partial charge in [0.25, 0.3) is 0 Å². The van der Waals surface area contributed by atoms with Gasteiger partial charge < -0.3 is 10.1 Å². The van der Waals surface area contributed by atoms with Gasteiger partial charge in [-0.3, -0.25) is 4.78 Å². The molecule has 132 valence electrons. The minimum Gasteiger partial charge on any atom is -0.444 e. The number of alkyl carbamates (subject to hydrolysis) is 1. The van der Waals surface area contributed by atoms with Crippen LogP contribution in [-0.2, 0) is 14.5 Å². The van der Waals surface area contributed by atoms with Crippen LogP contribution in [0.15, 0.2) is 0 Å². The summed E-state index contributed by atoms with van der Waals surface area (Å²) in [6.45, 7) is 7.27. The Morgan fingerprint density at radius 1 is 1.43 bits per heavy atom. The monoisotopic (exact) mass is 346 g/mol. The highest BCUT2D eigenvalue weighted by Gasteiger charge is 2.24. The van der Waals surface area contributed by atoms with Crippen molar-refractivity contribution in [3.8, 4) is 0 Å². The van der Waals surface area contributed by atoms with Crippen molar-refractivity contribution in [2.24, 2.45) is 0 Å². The van der Waals surface area contributed by atoms with Gasteiger partial charge in [-0.2, -0.15) is 5.21 Å². The number of nitrogens with one attached hydrogen (secondary N) is 3. The van der Waals surface area contributed by atoms with Gasteiger partial charge in [0, 0.05) is 21.2 Å². The van der Waals surface area contributed by atoms with Crippen molar-refractivity contribution in [2.75, 3.05) is 11.5 Å². The molecule has 0 aliphatic rings. The van der Waals surface area contributed by atoms with E-state index in [0.29, 0.717) is 5.75 Å². The van der Waals surface area contributed by atoms with E-state index in [1.807, 2.05) is 6.92 Å². The number of tetrazole rings is 1. The predicted octanol–water partition coefficient (Wildman–Crippen LogP) is 2.00. The number of ether oxygens (including phenoxy) is 1. The summed E-state index contributed by atoms with van der Waals surface area (Å²) in [5, 5.41) is 16.2. The van der Waals surface area contributed by atoms with Gasteiger partial charge in [0.2, 0.25) is 0 Å². The van der Waals surface area contributed by atoms with Gasteiger partial charge in [-0.05, 0) is 33.6 Å². The lowest BCUT2D eigenvalue weighted by Crippen LogP contribution is -2.36. The molecule has 2 atom stereocenters. The Labute approximate surface area is 136 Å². The molecule has 1 aromatic heterocycles. The number of hydrogen-bond donors (Lipinski definition) is 3. The number of H-pyrrole nitrogens is 1. The first-order chi connectivity index (χ1) is 10.6. The van der Waals surface area contributed by atoms with Crippen LogP contribution in [0.25, 0.3) is 0 Å². The Kier molecular flexibility index (Phi) is 6.92. The predicted molar refractivity (Wildman–Crippen MR) is 86.4 cm³/mol. The average Bonchev–Trinajstić information content (AvgIpc) is 2.93. The summed E-state index contributed by atoms with van der Waals surface area (Å²) in [6, 6.07) is -0.601. The van der Waals surface area contributed by atoms with Crippen molar-refractivity contribution in [1.29, 1.82) is 4.78 Å². The lowest BCUT2D eigenvalue weighted by atomic mass is 10.2. The molecule has 0 spiro atoms. The highest BCUT2D eigenvalue weighted by molar-refractivity contribution is 7.92. The molecule has 10 heteroatoms. The molecule has 9 nitrogen and oxygen atoms in total. The number of aromatic amines is 1. The van der Waals surface area contributed by atoms with E-state index in [1.54, 1.807) is 20.8 Å². The summed E-state index contributed by atoms with van der Waals surface area (Å²) in [6.07, 6.45) is 1.30. The number of amides is 1. The van der Waals surface area contributed by atoms with Crippen molar-refractivity contribution in [3.63, 3.8) is 0 Å². The second-order valence-corrected chi connectivity index (χ2v) is 8.77. The molecule has 0 aliphatic carbocycles. The van der Waals surface area contributed by atoms with Crippen LogP contribution in [0.3, 0.4) is 0 Å². The van der Waals surface area contributed by atoms with Gasteiger partial charge in [-0.15, -0.1) is 10.2 Å². The van der Waals surface area contributed by atoms with Crippen LogP contribution < -0.4 is 5.32 Å². The van der Waals surface area contributed by atoms with Crippen molar-refractivity contribution in [1.82, 2.24) is 25.9 Å². The normalized spacial score (nSPS) is 15.7. The smallest absolute Gasteiger partial charge is 0.408 e. The van der Waals surface area contributed by atoms with E-state index >= 15 is 0 Å². The number of carbonyl (C=O) groups is 1. The molecular weight excluding hydrogens is 320 g/mol. The fourth-order valence-electron chi connectivity index (χ4n) is 1.82. The number of carbonyl (C=O) groups excluding carboxylic acids is 1. The van der Waals surface area contributed by atoms with Crippen LogP contribution in [0.4, 0.5) is 4.79 Å². The van der Waals surface area contributed by atoms with Gasteiger partial charge in [-0.1, -0.05) is 18.6 Å². The maximum absolute atomic E-state index is 12.2. The third kappa shape index (κ3) is 7.91. The van der Waals surface area contributed by atoms with E-state index in [9.17, 15) is 9.00 Å². The fraction of sp³-hybridized carbons (Fsp3) is 0.846. The van der Waals surface area contributed by atoms with Crippen molar-refractivity contribution >= 4 is 15.8 Å². The Hall–Kier alpha value is -1.71. The summed E-state index contributed by atoms with van der Waals surface area (Å²) < 4.78 is 25.3. The quantitative estimate of drug-likeness (QED) is 0.659. The molecule has 1 aromatic rings. The molecule has 0 bridgehead atoms. The second-order valence-electron chi connectivity index (χ2n) is 6.33. The molecular formula is C13H26N6O3S. The van der Waals surface area contributed by atoms with Gasteiger partial charge >= 0.3 is 6.09 Å². The van der Waals surface area contributed by atoms with E-state index in [4.69, 9.17) is 9.52 Å². The molecule has 1 rings (SSSR count). The van der Waals surface area contributed by atoms with Crippen molar-refractivity contribution < 1.29 is 13.7 Å². The molecule has 1 amide bonds. The summed E-state index contributed by atoms with van der Waals surface area (Å²) in [4.78, 5) is 11.9. The van der Waals surface area contributed by atoms with Crippen LogP contribution in [0.1, 0.15) is 58.8 Å². The van der Waals surface area contributed by atoms with Gasteiger partial charge in [0.15, 0.2) is 5.82 Å². The Balaban J connectivity index is 2.70. The lowest BCUT2D eigenvalue weighted by molar-refractivity contribution is 0.0500. The summed E-state index contributed by atoms with van der Waals surface area (Å²) in [7, 11) is -2.68. The first kappa shape index (κ1) is 19.3. The summed E-state index contributed by atoms with van der Waals surface area (Å²) >= 11 is 0. The number of aromatic nitrogens is 4. The molecule has 0 fully saturated rings. The minimum absolute atomic E-state index is 0.155. The number of hydrogen-bond acceptors (Lipinski definition) is 7. The van der Waals surface area contributed by atoms with E-state index in [0.717, 1.165) is 12.8 Å². The van der Waals surface area contributed by atoms with E-state index in [1.165, 1.54) is 0 Å². The average molecular weight is 346 g/mol. The highest BCUT2D eigenvalue weighted by atomic mass is 32.2. The van der Waals surface area contributed by atoms with E-state index in [-0.39, 0.29) is 18.0 Å². The first-order valence-corrected chi connectivity index (χ1v) is 9.49. The van der Waals surface area contributed by atoms with E-state index in [2.05, 4.69) is 25.9 Å². The molecule has 0 saturated carbocycles. The standard InChI is InChI=1S/C13H26N6O3S/c1-5-6-8-23(14,21)9-7-10(11-16-18-19-17-11)15-12(20)22-13(2,3)4/h10,14H,5-9H2,1-4H3,(H,15,20)(H,16,17,18,19)/t10-,23?/m0/s1. The zero-order valence-electron chi connectivity index (χ0n) is 14.1. The topological polar surface area (TPSA) is 134 Å². The van der Waals surface area contributed by atoms with Crippen LogP contribution in [0.5, 0.6) is 0 Å². The Morgan fingerprint density at radius 3 is 2.65 bits per heavy atom. The third-order valence-electron chi connectivity index (χ3n) is 2.93. The molecule has 23 heavy (non-hydrogen) atoms. The van der Waals surface area contributed by atoms with Crippen LogP contribution >= 0.6 is 0 Å². The zero-order chi connectivity index (χ0) is 17.5. The maximum Gasteiger partial charge on any atom is 0.408 e. The number of unbranched alkanes of at least 4 members (excludes halogenated alkanes) is 1. The van der Waals surface area contributed by atoms with Gasteiger partial charge in [-0.25, -0.2) is 9.00 Å². The van der Waals surface area contributed by atoms with Crippen LogP contribution in [-0.4, -0.2) is 48.0 Å². The molecule has 0 aliphatic heterocycles. The largest absolute Gasteiger partial charge is 0.444 e. The number of rotatable bonds is 8. The molecule has 0 radical (unpaired) electrons. The van der Waals surface area contributed by atoms with Gasteiger partial charge in [0.1, 0.15) is 5.60 Å². The van der Waals surface area contributed by atoms with Crippen LogP contribution in [0, 0.1) is 4.78 Å². The number of nitrogens with zero attached hydrogens (tertiary/aromatic N) is 3. The van der Waals surface area contributed by atoms with Crippen LogP contribution in [0.2, 0.25) is 0 Å². The molecule has 0 aromatic carbocycles. The first-order valence-electron chi connectivity index (χ1n) is 7.60. The lowest BCUT2D eigenvalue weighted by Gasteiger charge is -2.22. The van der Waals surface area contributed by atoms with E-state index < -0.39 is 27.5 Å². The summed E-state index contributed by atoms with van der Waals surface area (Å²) in [5.74, 6) is 0.790. The fourth-order valence-corrected chi connectivity index (χ4v) is 3.40.